The van der Waals surface area contributed by atoms with E-state index in [1.54, 1.807) is 16.2 Å². The van der Waals surface area contributed by atoms with Crippen LogP contribution in [0, 0.1) is 6.92 Å². The van der Waals surface area contributed by atoms with Crippen LogP contribution in [-0.2, 0) is 6.42 Å². The van der Waals surface area contributed by atoms with Gasteiger partial charge in [-0.2, -0.15) is 5.10 Å². The summed E-state index contributed by atoms with van der Waals surface area (Å²) >= 11 is 1.80. The number of aromatic nitrogens is 3. The van der Waals surface area contributed by atoms with E-state index in [-0.39, 0.29) is 5.91 Å². The SMILES string of the molecule is Cc1nc2c(s1)CCC[C@@H]2CN(C)C(=O)c1cc(C(C)C)[nH]n1. The Morgan fingerprint density at radius 2 is 2.30 bits per heavy atom. The quantitative estimate of drug-likeness (QED) is 0.932. The lowest BCUT2D eigenvalue weighted by Crippen LogP contribution is -2.32. The second kappa shape index (κ2) is 6.43. The third-order valence-corrected chi connectivity index (χ3v) is 5.50. The molecule has 0 spiro atoms. The van der Waals surface area contributed by atoms with Crippen molar-refractivity contribution in [3.05, 3.63) is 33.0 Å². The van der Waals surface area contributed by atoms with Crippen molar-refractivity contribution in [2.24, 2.45) is 0 Å². The molecule has 2 aromatic rings. The number of aromatic amines is 1. The van der Waals surface area contributed by atoms with E-state index in [0.29, 0.717) is 24.1 Å². The van der Waals surface area contributed by atoms with E-state index in [0.717, 1.165) is 23.5 Å². The normalized spacial score (nSPS) is 17.3. The van der Waals surface area contributed by atoms with Gasteiger partial charge in [0.15, 0.2) is 0 Å². The van der Waals surface area contributed by atoms with E-state index in [2.05, 4.69) is 31.0 Å². The minimum atomic E-state index is -0.0211. The molecule has 6 heteroatoms. The number of rotatable bonds is 4. The van der Waals surface area contributed by atoms with E-state index >= 15 is 0 Å². The van der Waals surface area contributed by atoms with Crippen LogP contribution in [0.3, 0.4) is 0 Å². The molecular weight excluding hydrogens is 308 g/mol. The van der Waals surface area contributed by atoms with Crippen LogP contribution < -0.4 is 0 Å². The van der Waals surface area contributed by atoms with Crippen molar-refractivity contribution >= 4 is 17.2 Å². The van der Waals surface area contributed by atoms with Crippen LogP contribution in [0.5, 0.6) is 0 Å². The molecule has 1 aliphatic carbocycles. The molecule has 0 bridgehead atoms. The maximum atomic E-state index is 12.6. The van der Waals surface area contributed by atoms with Gasteiger partial charge in [0.2, 0.25) is 0 Å². The third-order valence-electron chi connectivity index (χ3n) is 4.46. The number of fused-ring (bicyclic) bond motifs is 1. The summed E-state index contributed by atoms with van der Waals surface area (Å²) in [7, 11) is 1.86. The Kier molecular flexibility index (Phi) is 4.53. The first-order valence-electron chi connectivity index (χ1n) is 8.22. The monoisotopic (exact) mass is 332 g/mol. The second-order valence-corrected chi connectivity index (χ2v) is 7.97. The van der Waals surface area contributed by atoms with Gasteiger partial charge in [-0.3, -0.25) is 9.89 Å². The lowest BCUT2D eigenvalue weighted by Gasteiger charge is -2.26. The Hall–Kier alpha value is -1.69. The summed E-state index contributed by atoms with van der Waals surface area (Å²) in [5, 5.41) is 8.25. The Labute approximate surface area is 141 Å². The highest BCUT2D eigenvalue weighted by Gasteiger charge is 2.27. The van der Waals surface area contributed by atoms with Crippen LogP contribution in [0.1, 0.15) is 70.3 Å². The first-order chi connectivity index (χ1) is 11.0. The standard InChI is InChI=1S/C17H24N4OS/c1-10(2)13-8-14(20-19-13)17(22)21(4)9-12-6-5-7-15-16(12)18-11(3)23-15/h8,10,12H,5-7,9H2,1-4H3,(H,19,20)/t12-/m1/s1. The number of likely N-dealkylation sites (N-methyl/N-ethyl adjacent to an activating group) is 1. The first kappa shape index (κ1) is 16.2. The third kappa shape index (κ3) is 3.32. The number of carbonyl (C=O) groups is 1. The molecule has 0 radical (unpaired) electrons. The predicted octanol–water partition coefficient (Wildman–Crippen LogP) is 3.49. The average molecular weight is 332 g/mol. The number of H-pyrrole nitrogens is 1. The molecule has 0 unspecified atom stereocenters. The summed E-state index contributed by atoms with van der Waals surface area (Å²) < 4.78 is 0. The van der Waals surface area contributed by atoms with Crippen LogP contribution in [0.25, 0.3) is 0 Å². The highest BCUT2D eigenvalue weighted by atomic mass is 32.1. The van der Waals surface area contributed by atoms with Crippen molar-refractivity contribution in [2.75, 3.05) is 13.6 Å². The zero-order valence-electron chi connectivity index (χ0n) is 14.2. The van der Waals surface area contributed by atoms with E-state index in [1.807, 2.05) is 13.1 Å². The van der Waals surface area contributed by atoms with Crippen LogP contribution >= 0.6 is 11.3 Å². The topological polar surface area (TPSA) is 61.9 Å². The van der Waals surface area contributed by atoms with Gasteiger partial charge >= 0.3 is 0 Å². The zero-order valence-corrected chi connectivity index (χ0v) is 15.0. The minimum Gasteiger partial charge on any atom is -0.340 e. The minimum absolute atomic E-state index is 0.0211. The highest BCUT2D eigenvalue weighted by molar-refractivity contribution is 7.11. The number of carbonyl (C=O) groups excluding carboxylic acids is 1. The number of nitrogens with zero attached hydrogens (tertiary/aromatic N) is 3. The largest absolute Gasteiger partial charge is 0.340 e. The Balaban J connectivity index is 1.71. The van der Waals surface area contributed by atoms with Crippen molar-refractivity contribution in [3.8, 4) is 0 Å². The summed E-state index contributed by atoms with van der Waals surface area (Å²) in [4.78, 5) is 20.5. The molecular formula is C17H24N4OS. The lowest BCUT2D eigenvalue weighted by atomic mass is 9.90. The van der Waals surface area contributed by atoms with Crippen molar-refractivity contribution in [3.63, 3.8) is 0 Å². The van der Waals surface area contributed by atoms with Gasteiger partial charge in [0.25, 0.3) is 5.91 Å². The maximum Gasteiger partial charge on any atom is 0.274 e. The number of nitrogens with one attached hydrogen (secondary N) is 1. The Morgan fingerprint density at radius 3 is 3.00 bits per heavy atom. The van der Waals surface area contributed by atoms with Gasteiger partial charge in [-0.25, -0.2) is 4.98 Å². The first-order valence-corrected chi connectivity index (χ1v) is 9.04. The maximum absolute atomic E-state index is 12.6. The van der Waals surface area contributed by atoms with Gasteiger partial charge in [0, 0.05) is 30.1 Å². The summed E-state index contributed by atoms with van der Waals surface area (Å²) in [6.07, 6.45) is 3.42. The molecule has 124 valence electrons. The summed E-state index contributed by atoms with van der Waals surface area (Å²) in [5.41, 5.74) is 2.71. The average Bonchev–Trinajstić information content (AvgIpc) is 3.12. The number of thiazole rings is 1. The number of hydrogen-bond donors (Lipinski definition) is 1. The van der Waals surface area contributed by atoms with Crippen LogP contribution in [0.4, 0.5) is 0 Å². The van der Waals surface area contributed by atoms with E-state index < -0.39 is 0 Å². The molecule has 3 rings (SSSR count). The number of hydrogen-bond acceptors (Lipinski definition) is 4. The lowest BCUT2D eigenvalue weighted by molar-refractivity contribution is 0.0777. The molecule has 0 saturated heterocycles. The van der Waals surface area contributed by atoms with Crippen LogP contribution in [0.2, 0.25) is 0 Å². The number of aryl methyl sites for hydroxylation is 2. The molecule has 1 atom stereocenters. The molecule has 0 saturated carbocycles. The molecule has 23 heavy (non-hydrogen) atoms. The van der Waals surface area contributed by atoms with Crippen molar-refractivity contribution in [1.29, 1.82) is 0 Å². The molecule has 1 aliphatic rings. The fourth-order valence-corrected chi connectivity index (χ4v) is 4.22. The van der Waals surface area contributed by atoms with Gasteiger partial charge in [-0.05, 0) is 38.2 Å². The fraction of sp³-hybridized carbons (Fsp3) is 0.588. The molecule has 2 heterocycles. The second-order valence-electron chi connectivity index (χ2n) is 6.68. The van der Waals surface area contributed by atoms with E-state index in [9.17, 15) is 4.79 Å². The van der Waals surface area contributed by atoms with Crippen molar-refractivity contribution in [1.82, 2.24) is 20.1 Å². The zero-order chi connectivity index (χ0) is 16.6. The smallest absolute Gasteiger partial charge is 0.274 e. The van der Waals surface area contributed by atoms with Gasteiger partial charge in [0.1, 0.15) is 5.69 Å². The molecule has 1 amide bonds. The summed E-state index contributed by atoms with van der Waals surface area (Å²) in [6.45, 7) is 6.93. The van der Waals surface area contributed by atoms with Gasteiger partial charge < -0.3 is 4.90 Å². The molecule has 2 aromatic heterocycles. The van der Waals surface area contributed by atoms with Gasteiger partial charge in [0.05, 0.1) is 10.7 Å². The molecule has 0 fully saturated rings. The van der Waals surface area contributed by atoms with Crippen molar-refractivity contribution < 1.29 is 4.79 Å². The van der Waals surface area contributed by atoms with Gasteiger partial charge in [-0.1, -0.05) is 13.8 Å². The van der Waals surface area contributed by atoms with Crippen molar-refractivity contribution in [2.45, 2.75) is 51.9 Å². The summed E-state index contributed by atoms with van der Waals surface area (Å²) in [5.74, 6) is 0.668. The Bertz CT molecular complexity index is 703. The molecule has 1 N–H and O–H groups in total. The van der Waals surface area contributed by atoms with E-state index in [4.69, 9.17) is 4.98 Å². The Morgan fingerprint density at radius 1 is 1.52 bits per heavy atom. The molecule has 5 nitrogen and oxygen atoms in total. The molecule has 0 aromatic carbocycles. The molecule has 0 aliphatic heterocycles. The predicted molar refractivity (Wildman–Crippen MR) is 92.2 cm³/mol. The van der Waals surface area contributed by atoms with E-state index in [1.165, 1.54) is 17.0 Å². The van der Waals surface area contributed by atoms with Crippen LogP contribution in [-0.4, -0.2) is 39.6 Å². The number of amides is 1. The van der Waals surface area contributed by atoms with Crippen LogP contribution in [0.15, 0.2) is 6.07 Å². The van der Waals surface area contributed by atoms with Gasteiger partial charge in [-0.15, -0.1) is 11.3 Å². The highest BCUT2D eigenvalue weighted by Crippen LogP contribution is 2.35. The summed E-state index contributed by atoms with van der Waals surface area (Å²) in [6, 6.07) is 1.86. The fourth-order valence-electron chi connectivity index (χ4n) is 3.16.